The van der Waals surface area contributed by atoms with Crippen molar-refractivity contribution in [2.45, 2.75) is 19.4 Å². The maximum Gasteiger partial charge on any atom is 0.138 e. The SMILES string of the molecule is Cc1ccc(Cl)c(OCCC2CNCCO2)c1. The smallest absolute Gasteiger partial charge is 0.138 e. The van der Waals surface area contributed by atoms with E-state index >= 15 is 0 Å². The molecule has 1 aromatic carbocycles. The lowest BCUT2D eigenvalue weighted by molar-refractivity contribution is 0.0159. The third kappa shape index (κ3) is 3.87. The summed E-state index contributed by atoms with van der Waals surface area (Å²) in [6, 6.07) is 5.80. The van der Waals surface area contributed by atoms with Gasteiger partial charge in [-0.1, -0.05) is 17.7 Å². The van der Waals surface area contributed by atoms with Crippen molar-refractivity contribution in [1.82, 2.24) is 5.32 Å². The second kappa shape index (κ2) is 6.24. The zero-order valence-electron chi connectivity index (χ0n) is 10.0. The summed E-state index contributed by atoms with van der Waals surface area (Å²) in [5, 5.41) is 3.96. The van der Waals surface area contributed by atoms with Crippen LogP contribution in [0.4, 0.5) is 0 Å². The maximum atomic E-state index is 6.05. The van der Waals surface area contributed by atoms with Gasteiger partial charge >= 0.3 is 0 Å². The Labute approximate surface area is 107 Å². The molecule has 1 saturated heterocycles. The third-order valence-corrected chi connectivity index (χ3v) is 3.10. The van der Waals surface area contributed by atoms with Crippen LogP contribution in [0.5, 0.6) is 5.75 Å². The Kier molecular flexibility index (Phi) is 4.66. The first-order valence-electron chi connectivity index (χ1n) is 5.97. The number of ether oxygens (including phenoxy) is 2. The quantitative estimate of drug-likeness (QED) is 0.896. The van der Waals surface area contributed by atoms with Gasteiger partial charge in [-0.25, -0.2) is 0 Å². The number of morpholine rings is 1. The van der Waals surface area contributed by atoms with Crippen LogP contribution in [0.25, 0.3) is 0 Å². The van der Waals surface area contributed by atoms with Gasteiger partial charge in [0, 0.05) is 19.5 Å². The highest BCUT2D eigenvalue weighted by Gasteiger charge is 2.13. The predicted molar refractivity (Wildman–Crippen MR) is 68.9 cm³/mol. The molecule has 1 aliphatic heterocycles. The first kappa shape index (κ1) is 12.7. The van der Waals surface area contributed by atoms with Crippen LogP contribution in [0, 0.1) is 6.92 Å². The Morgan fingerprint density at radius 1 is 1.53 bits per heavy atom. The Balaban J connectivity index is 1.79. The van der Waals surface area contributed by atoms with Crippen LogP contribution >= 0.6 is 11.6 Å². The Morgan fingerprint density at radius 2 is 2.41 bits per heavy atom. The lowest BCUT2D eigenvalue weighted by Gasteiger charge is -2.23. The van der Waals surface area contributed by atoms with E-state index in [4.69, 9.17) is 21.1 Å². The van der Waals surface area contributed by atoms with E-state index in [1.54, 1.807) is 0 Å². The van der Waals surface area contributed by atoms with Crippen molar-refractivity contribution in [2.75, 3.05) is 26.3 Å². The summed E-state index contributed by atoms with van der Waals surface area (Å²) in [6.45, 7) is 5.30. The van der Waals surface area contributed by atoms with E-state index in [-0.39, 0.29) is 6.10 Å². The normalized spacial score (nSPS) is 20.2. The van der Waals surface area contributed by atoms with Gasteiger partial charge in [0.1, 0.15) is 5.75 Å². The van der Waals surface area contributed by atoms with Crippen LogP contribution in [0.1, 0.15) is 12.0 Å². The first-order valence-corrected chi connectivity index (χ1v) is 6.35. The second-order valence-corrected chi connectivity index (χ2v) is 4.68. The molecule has 0 bridgehead atoms. The van der Waals surface area contributed by atoms with Gasteiger partial charge in [0.15, 0.2) is 0 Å². The highest BCUT2D eigenvalue weighted by atomic mass is 35.5. The summed E-state index contributed by atoms with van der Waals surface area (Å²) in [5.41, 5.74) is 1.15. The fraction of sp³-hybridized carbons (Fsp3) is 0.538. The van der Waals surface area contributed by atoms with Gasteiger partial charge in [0.05, 0.1) is 24.3 Å². The van der Waals surface area contributed by atoms with E-state index in [1.807, 2.05) is 25.1 Å². The molecule has 0 spiro atoms. The Morgan fingerprint density at radius 3 is 3.18 bits per heavy atom. The molecule has 0 aromatic heterocycles. The summed E-state index contributed by atoms with van der Waals surface area (Å²) < 4.78 is 11.3. The zero-order valence-corrected chi connectivity index (χ0v) is 10.8. The van der Waals surface area contributed by atoms with E-state index in [9.17, 15) is 0 Å². The fourth-order valence-electron chi connectivity index (χ4n) is 1.83. The molecule has 94 valence electrons. The van der Waals surface area contributed by atoms with E-state index < -0.39 is 0 Å². The molecule has 1 atom stereocenters. The van der Waals surface area contributed by atoms with Gasteiger partial charge in [-0.05, 0) is 24.6 Å². The Bertz CT molecular complexity index is 364. The number of halogens is 1. The Hall–Kier alpha value is -0.770. The van der Waals surface area contributed by atoms with Crippen LogP contribution < -0.4 is 10.1 Å². The molecular weight excluding hydrogens is 238 g/mol. The standard InChI is InChI=1S/C13H18ClNO2/c1-10-2-3-12(14)13(8-10)17-6-4-11-9-15-5-7-16-11/h2-3,8,11,15H,4-7,9H2,1H3. The van der Waals surface area contributed by atoms with E-state index in [2.05, 4.69) is 5.32 Å². The molecule has 1 aromatic rings. The van der Waals surface area contributed by atoms with E-state index in [0.717, 1.165) is 37.4 Å². The molecule has 1 unspecified atom stereocenters. The minimum absolute atomic E-state index is 0.257. The molecule has 2 rings (SSSR count). The van der Waals surface area contributed by atoms with E-state index in [0.29, 0.717) is 11.6 Å². The first-order chi connectivity index (χ1) is 8.25. The average molecular weight is 256 g/mol. The van der Waals surface area contributed by atoms with Gasteiger partial charge in [-0.2, -0.15) is 0 Å². The molecule has 1 fully saturated rings. The van der Waals surface area contributed by atoms with Crippen molar-refractivity contribution in [3.05, 3.63) is 28.8 Å². The monoisotopic (exact) mass is 255 g/mol. The van der Waals surface area contributed by atoms with E-state index in [1.165, 1.54) is 0 Å². The molecule has 4 heteroatoms. The number of benzene rings is 1. The van der Waals surface area contributed by atoms with Gasteiger partial charge in [-0.3, -0.25) is 0 Å². The largest absolute Gasteiger partial charge is 0.492 e. The number of rotatable bonds is 4. The lowest BCUT2D eigenvalue weighted by atomic mass is 10.2. The summed E-state index contributed by atoms with van der Waals surface area (Å²) in [5.74, 6) is 0.760. The van der Waals surface area contributed by atoms with Crippen molar-refractivity contribution >= 4 is 11.6 Å². The molecule has 17 heavy (non-hydrogen) atoms. The van der Waals surface area contributed by atoms with Gasteiger partial charge in [0.2, 0.25) is 0 Å². The average Bonchev–Trinajstić information content (AvgIpc) is 2.35. The van der Waals surface area contributed by atoms with Crippen LogP contribution in [-0.4, -0.2) is 32.4 Å². The summed E-state index contributed by atoms with van der Waals surface area (Å²) >= 11 is 6.05. The third-order valence-electron chi connectivity index (χ3n) is 2.79. The van der Waals surface area contributed by atoms with Crippen LogP contribution in [-0.2, 0) is 4.74 Å². The number of hydrogen-bond acceptors (Lipinski definition) is 3. The van der Waals surface area contributed by atoms with Gasteiger partial charge < -0.3 is 14.8 Å². The molecule has 0 saturated carbocycles. The molecule has 1 heterocycles. The molecule has 1 N–H and O–H groups in total. The van der Waals surface area contributed by atoms with Crippen molar-refractivity contribution < 1.29 is 9.47 Å². The summed E-state index contributed by atoms with van der Waals surface area (Å²) in [7, 11) is 0. The van der Waals surface area contributed by atoms with Crippen molar-refractivity contribution in [3.63, 3.8) is 0 Å². The summed E-state index contributed by atoms with van der Waals surface area (Å²) in [4.78, 5) is 0. The molecule has 3 nitrogen and oxygen atoms in total. The molecule has 0 radical (unpaired) electrons. The molecule has 1 aliphatic rings. The zero-order chi connectivity index (χ0) is 12.1. The number of nitrogens with one attached hydrogen (secondary N) is 1. The van der Waals surface area contributed by atoms with Crippen molar-refractivity contribution in [2.24, 2.45) is 0 Å². The minimum atomic E-state index is 0.257. The molecule has 0 amide bonds. The highest BCUT2D eigenvalue weighted by molar-refractivity contribution is 6.32. The molecular formula is C13H18ClNO2. The maximum absolute atomic E-state index is 6.05. The van der Waals surface area contributed by atoms with Crippen LogP contribution in [0.3, 0.4) is 0 Å². The second-order valence-electron chi connectivity index (χ2n) is 4.27. The lowest BCUT2D eigenvalue weighted by Crippen LogP contribution is -2.39. The van der Waals surface area contributed by atoms with Crippen molar-refractivity contribution in [1.29, 1.82) is 0 Å². The minimum Gasteiger partial charge on any atom is -0.492 e. The number of hydrogen-bond donors (Lipinski definition) is 1. The number of aryl methyl sites for hydroxylation is 1. The predicted octanol–water partition coefficient (Wildman–Crippen LogP) is 2.41. The van der Waals surface area contributed by atoms with Crippen molar-refractivity contribution in [3.8, 4) is 5.75 Å². The highest BCUT2D eigenvalue weighted by Crippen LogP contribution is 2.25. The van der Waals surface area contributed by atoms with Gasteiger partial charge in [-0.15, -0.1) is 0 Å². The topological polar surface area (TPSA) is 30.5 Å². The molecule has 0 aliphatic carbocycles. The van der Waals surface area contributed by atoms with Crippen LogP contribution in [0.15, 0.2) is 18.2 Å². The fourth-order valence-corrected chi connectivity index (χ4v) is 2.00. The summed E-state index contributed by atoms with van der Waals surface area (Å²) in [6.07, 6.45) is 1.14. The van der Waals surface area contributed by atoms with Gasteiger partial charge in [0.25, 0.3) is 0 Å². The van der Waals surface area contributed by atoms with Crippen LogP contribution in [0.2, 0.25) is 5.02 Å².